The van der Waals surface area contributed by atoms with Crippen molar-refractivity contribution < 1.29 is 76.3 Å². The second kappa shape index (κ2) is 40.8. The molecule has 5 amide bonds. The van der Waals surface area contributed by atoms with Crippen molar-refractivity contribution in [3.05, 3.63) is 212 Å². The highest BCUT2D eigenvalue weighted by Gasteiger charge is 2.36. The highest BCUT2D eigenvalue weighted by atomic mass is 16.5. The molecule has 0 unspecified atom stereocenters. The van der Waals surface area contributed by atoms with E-state index in [0.717, 1.165) is 53.1 Å². The Morgan fingerprint density at radius 1 is 0.356 bits per heavy atom. The number of anilines is 13. The second-order valence-electron chi connectivity index (χ2n) is 35.3. The predicted molar refractivity (Wildman–Crippen MR) is 536 cm³/mol. The maximum absolute atomic E-state index is 12.8. The van der Waals surface area contributed by atoms with E-state index in [1.54, 1.807) is 82.1 Å². The maximum atomic E-state index is 12.8. The third-order valence-electron chi connectivity index (χ3n) is 25.2. The van der Waals surface area contributed by atoms with Crippen LogP contribution in [-0.4, -0.2) is 263 Å². The Balaban J connectivity index is 0.000000111. The van der Waals surface area contributed by atoms with Crippen molar-refractivity contribution in [3.63, 3.8) is 0 Å². The largest absolute Gasteiger partial charge is 0.443 e. The quantitative estimate of drug-likeness (QED) is 0.0240. The number of aliphatic hydroxyl groups is 5. The molecule has 3 saturated carbocycles. The van der Waals surface area contributed by atoms with E-state index in [1.807, 2.05) is 111 Å². The number of hydrogen-bond donors (Lipinski definition) is 19. The van der Waals surface area contributed by atoms with Gasteiger partial charge in [0.05, 0.1) is 121 Å². The van der Waals surface area contributed by atoms with Crippen LogP contribution >= 0.6 is 0 Å². The SMILES string of the molecule is CNc1cc(-c2ccc3ocnc3c2)nc2c(C(=O)N[C@@H]3CC[C@@H]3O)cnn12.CNc1cc(Nc2cccc3ocnc23)nc2c(C(=O)NCC(C)(C)CO)cnn12.CNc1cc(Nc2cccc3ocnc23)nc2c(C(=O)N[C@@H]3CC[C@@H]3O)cnn12.CNc1cc(Nc2cccc3ocnc23)nc2c(C(=O)N[C@@H]3CC[C@H]3O)cnn12.CNc1cc(Nc2cccc3ocnc23)nc2c(C(=O)N[C@H]3COC[C@H]3O)cnn12. The molecule has 0 radical (unpaired) electrons. The fourth-order valence-electron chi connectivity index (χ4n) is 16.5. The van der Waals surface area contributed by atoms with E-state index < -0.39 is 35.9 Å². The van der Waals surface area contributed by atoms with Gasteiger partial charge in [-0.2, -0.15) is 48.1 Å². The van der Waals surface area contributed by atoms with Crippen molar-refractivity contribution in [2.75, 3.05) is 109 Å². The van der Waals surface area contributed by atoms with Crippen LogP contribution in [0, 0.1) is 5.41 Å². The van der Waals surface area contributed by atoms with E-state index in [-0.39, 0.29) is 73.0 Å². The number of nitrogens with one attached hydrogen (secondary N) is 14. The molecule has 16 heterocycles. The first-order chi connectivity index (χ1) is 71.0. The maximum Gasteiger partial charge on any atom is 0.257 e. The number of ether oxygens (including phenoxy) is 1. The molecular weight excluding hydrogens is 1890 g/mol. The Hall–Kier alpha value is -18.1. The minimum Gasteiger partial charge on any atom is -0.443 e. The van der Waals surface area contributed by atoms with E-state index in [1.165, 1.54) is 63.0 Å². The van der Waals surface area contributed by atoms with Gasteiger partial charge in [0.1, 0.15) is 108 Å². The summed E-state index contributed by atoms with van der Waals surface area (Å²) in [5.41, 5.74) is 14.5. The molecule has 4 aliphatic rings. The molecule has 0 bridgehead atoms. The Morgan fingerprint density at radius 3 is 0.979 bits per heavy atom. The van der Waals surface area contributed by atoms with Crippen LogP contribution in [0.25, 0.3) is 95.0 Å². The minimum atomic E-state index is -0.739. The van der Waals surface area contributed by atoms with E-state index in [4.69, 9.17) is 26.8 Å². The average molecular weight is 1980 g/mol. The number of carbonyl (C=O) groups is 5. The molecule has 15 aromatic heterocycles. The van der Waals surface area contributed by atoms with Crippen LogP contribution < -0.4 is 74.4 Å². The van der Waals surface area contributed by atoms with Gasteiger partial charge in [0, 0.05) is 89.7 Å². The van der Waals surface area contributed by atoms with Crippen molar-refractivity contribution >= 4 is 188 Å². The summed E-state index contributed by atoms with van der Waals surface area (Å²) >= 11 is 0. The standard InChI is InChI=1S/C20H23N7O3.C19H19N7O4.2C19H19N7O3.C19H18N6O3/c1-20(2,10-28)9-22-19(29)12-8-24-27-16(21-3)7-15(26-18(12)27)25-13-5-4-6-14-17(13)23-11-30-14;1-20-16-5-15(23-11-3-2-4-14-17(11)21-9-30-14)25-18-10(6-22-26(16)18)19(28)24-12-7-29-8-13(12)27;2*1-20-16-7-15(23-12-3-2-4-14-17(12)21-9-29-14)25-18-10(8-22-26(16)18)19(28)24-11-5-6-13(11)27;1-20-17-7-13(10-2-5-16-14(6-10)21-9-28-16)23-18-11(8-22-25(17)18)19(27)24-12-3-4-15(12)26/h4-8,11,21,28H,9-10H2,1-3H3,(H,22,29)(H,25,26);2-6,9,12-13,20,27H,7-8H2,1H3,(H,23,25)(H,24,28);2*2-4,7-9,11,13,20,27H,5-6H2,1H3,(H,23,25)(H,24,28);2,5-9,12,15,20,26H,3-4H2,1H3,(H,24,27)/t;12-,13+;11-,13+;11-,13-;12-,15+/m.0111/s1. The van der Waals surface area contributed by atoms with Crippen LogP contribution in [-0.2, 0) is 4.74 Å². The van der Waals surface area contributed by atoms with Crippen LogP contribution in [0.5, 0.6) is 0 Å². The van der Waals surface area contributed by atoms with Gasteiger partial charge in [-0.3, -0.25) is 24.0 Å². The molecule has 1 saturated heterocycles. The van der Waals surface area contributed by atoms with Crippen molar-refractivity contribution in [2.24, 2.45) is 5.41 Å². The molecule has 50 heteroatoms. The van der Waals surface area contributed by atoms with Gasteiger partial charge in [0.15, 0.2) is 88.1 Å². The smallest absolute Gasteiger partial charge is 0.257 e. The van der Waals surface area contributed by atoms with Gasteiger partial charge in [-0.25, -0.2) is 49.8 Å². The highest BCUT2D eigenvalue weighted by molar-refractivity contribution is 6.05. The van der Waals surface area contributed by atoms with Crippen molar-refractivity contribution in [1.82, 2.24) is 124 Å². The molecule has 5 aromatic carbocycles. The van der Waals surface area contributed by atoms with Crippen LogP contribution in [0.1, 0.15) is 104 Å². The number of rotatable bonds is 26. The molecule has 1 aliphatic heterocycles. The number of nitrogens with zero attached hydrogens (tertiary/aromatic N) is 20. The lowest BCUT2D eigenvalue weighted by atomic mass is 9.89. The second-order valence-corrected chi connectivity index (χ2v) is 35.3. The minimum absolute atomic E-state index is 0.0359. The van der Waals surface area contributed by atoms with Gasteiger partial charge in [-0.05, 0) is 105 Å². The third kappa shape index (κ3) is 19.4. The van der Waals surface area contributed by atoms with E-state index in [9.17, 15) is 49.5 Å². The number of aromatic nitrogens is 20. The van der Waals surface area contributed by atoms with Gasteiger partial charge < -0.3 is 127 Å². The Labute approximate surface area is 824 Å². The summed E-state index contributed by atoms with van der Waals surface area (Å²) < 4.78 is 39.7. The summed E-state index contributed by atoms with van der Waals surface area (Å²) in [6.45, 7) is 4.48. The first-order valence-electron chi connectivity index (χ1n) is 46.4. The lowest BCUT2D eigenvalue weighted by molar-refractivity contribution is 0.0448. The van der Waals surface area contributed by atoms with E-state index >= 15 is 0 Å². The van der Waals surface area contributed by atoms with Gasteiger partial charge in [0.2, 0.25) is 0 Å². The molecule has 8 atom stereocenters. The summed E-state index contributed by atoms with van der Waals surface area (Å²) in [6, 6.07) is 35.7. The third-order valence-corrected chi connectivity index (χ3v) is 25.2. The summed E-state index contributed by atoms with van der Waals surface area (Å²) in [6.07, 6.45) is 16.5. The van der Waals surface area contributed by atoms with Crippen LogP contribution in [0.2, 0.25) is 0 Å². The van der Waals surface area contributed by atoms with Crippen LogP contribution in [0.15, 0.2) is 206 Å². The molecule has 4 fully saturated rings. The molecule has 24 rings (SSSR count). The van der Waals surface area contributed by atoms with Crippen molar-refractivity contribution in [1.29, 1.82) is 0 Å². The zero-order chi connectivity index (χ0) is 101. The summed E-state index contributed by atoms with van der Waals surface area (Å²) in [4.78, 5) is 108. The van der Waals surface area contributed by atoms with E-state index in [2.05, 4.69) is 150 Å². The first kappa shape index (κ1) is 95.4. The lowest BCUT2D eigenvalue weighted by Gasteiger charge is -2.32. The van der Waals surface area contributed by atoms with Gasteiger partial charge in [0.25, 0.3) is 29.5 Å². The average Bonchev–Trinajstić information content (AvgIpc) is 1.62. The lowest BCUT2D eigenvalue weighted by Crippen LogP contribution is -2.50. The summed E-state index contributed by atoms with van der Waals surface area (Å²) in [5, 5.41) is 112. The molecule has 146 heavy (non-hydrogen) atoms. The molecule has 50 nitrogen and oxygen atoms in total. The number of aliphatic hydroxyl groups excluding tert-OH is 5. The van der Waals surface area contributed by atoms with Crippen LogP contribution in [0.4, 0.5) is 75.1 Å². The van der Waals surface area contributed by atoms with Gasteiger partial charge in [-0.15, -0.1) is 0 Å². The molecular formula is C96H98N34O16. The predicted octanol–water partition coefficient (Wildman–Crippen LogP) is 9.20. The zero-order valence-corrected chi connectivity index (χ0v) is 79.2. The molecule has 0 spiro atoms. The highest BCUT2D eigenvalue weighted by Crippen LogP contribution is 2.36. The molecule has 3 aliphatic carbocycles. The summed E-state index contributed by atoms with van der Waals surface area (Å²) in [7, 11) is 8.84. The zero-order valence-electron chi connectivity index (χ0n) is 79.2. The first-order valence-corrected chi connectivity index (χ1v) is 46.4. The number of hydrogen-bond acceptors (Lipinski definition) is 40. The summed E-state index contributed by atoms with van der Waals surface area (Å²) in [5.74, 6) is 3.77. The molecule has 19 N–H and O–H groups in total. The van der Waals surface area contributed by atoms with Crippen molar-refractivity contribution in [2.45, 2.75) is 101 Å². The number of fused-ring (bicyclic) bond motifs is 10. The number of para-hydroxylation sites is 4. The van der Waals surface area contributed by atoms with Crippen LogP contribution in [0.3, 0.4) is 0 Å². The Morgan fingerprint density at radius 2 is 0.671 bits per heavy atom. The molecule has 20 aromatic rings. The van der Waals surface area contributed by atoms with E-state index in [0.29, 0.717) is 184 Å². The Kier molecular flexibility index (Phi) is 26.7. The van der Waals surface area contributed by atoms with Crippen molar-refractivity contribution in [3.8, 4) is 11.3 Å². The fraction of sp³-hybridized carbons (Fsp3) is 0.271. The topological polar surface area (TPSA) is 645 Å². The Bertz CT molecular complexity index is 8090. The van der Waals surface area contributed by atoms with Gasteiger partial charge in [-0.1, -0.05) is 38.1 Å². The monoisotopic (exact) mass is 1980 g/mol. The number of benzene rings is 5. The molecule has 748 valence electrons. The number of carbonyl (C=O) groups excluding carboxylic acids is 5. The normalized spacial score (nSPS) is 17.3. The number of amides is 5. The fourth-order valence-corrected chi connectivity index (χ4v) is 16.5. The number of oxazole rings is 5. The van der Waals surface area contributed by atoms with Gasteiger partial charge >= 0.3 is 0 Å².